The molecule has 4 nitrogen and oxygen atoms in total. The highest BCUT2D eigenvalue weighted by molar-refractivity contribution is 5.46. The van der Waals surface area contributed by atoms with Gasteiger partial charge in [0.15, 0.2) is 0 Å². The largest absolute Gasteiger partial charge is 0.494 e. The molecular weight excluding hydrogens is 226 g/mol. The van der Waals surface area contributed by atoms with E-state index in [0.29, 0.717) is 6.04 Å². The summed E-state index contributed by atoms with van der Waals surface area (Å²) in [5.41, 5.74) is 2.12. The average molecular weight is 245 g/mol. The van der Waals surface area contributed by atoms with E-state index < -0.39 is 0 Å². The van der Waals surface area contributed by atoms with Crippen molar-refractivity contribution in [1.82, 2.24) is 15.1 Å². The zero-order valence-electron chi connectivity index (χ0n) is 11.1. The number of ether oxygens (including phenoxy) is 1. The molecular formula is C14H19N3O. The Labute approximate surface area is 108 Å². The Hall–Kier alpha value is -1.81. The zero-order chi connectivity index (χ0) is 13.0. The molecule has 0 fully saturated rings. The minimum atomic E-state index is 0.472. The smallest absolute Gasteiger partial charge is 0.144 e. The predicted octanol–water partition coefficient (Wildman–Crippen LogP) is 2.38. The van der Waals surface area contributed by atoms with Gasteiger partial charge in [-0.2, -0.15) is 5.10 Å². The van der Waals surface area contributed by atoms with E-state index in [1.165, 1.54) is 0 Å². The molecule has 0 amide bonds. The predicted molar refractivity (Wildman–Crippen MR) is 72.1 cm³/mol. The van der Waals surface area contributed by atoms with Crippen LogP contribution in [0.1, 0.15) is 19.4 Å². The summed E-state index contributed by atoms with van der Waals surface area (Å²) in [6, 6.07) is 8.33. The molecule has 0 aliphatic carbocycles. The van der Waals surface area contributed by atoms with Gasteiger partial charge < -0.3 is 10.1 Å². The van der Waals surface area contributed by atoms with Gasteiger partial charge >= 0.3 is 0 Å². The molecule has 2 rings (SSSR count). The maximum absolute atomic E-state index is 5.33. The number of benzene rings is 1. The van der Waals surface area contributed by atoms with Crippen LogP contribution in [0.5, 0.6) is 5.75 Å². The third-order valence-corrected chi connectivity index (χ3v) is 2.68. The van der Waals surface area contributed by atoms with Gasteiger partial charge in [0.1, 0.15) is 11.4 Å². The Morgan fingerprint density at radius 3 is 2.83 bits per heavy atom. The summed E-state index contributed by atoms with van der Waals surface area (Å²) in [6.45, 7) is 5.09. The van der Waals surface area contributed by atoms with E-state index >= 15 is 0 Å². The first-order chi connectivity index (χ1) is 8.70. The maximum atomic E-state index is 5.33. The molecule has 0 bridgehead atoms. The Kier molecular flexibility index (Phi) is 3.99. The summed E-state index contributed by atoms with van der Waals surface area (Å²) in [5.74, 6) is 0.823. The summed E-state index contributed by atoms with van der Waals surface area (Å²) in [7, 11) is 1.67. The molecule has 0 unspecified atom stereocenters. The Morgan fingerprint density at radius 2 is 2.11 bits per heavy atom. The molecule has 0 saturated carbocycles. The van der Waals surface area contributed by atoms with Crippen LogP contribution in [0.15, 0.2) is 36.7 Å². The molecule has 1 aromatic heterocycles. The monoisotopic (exact) mass is 245 g/mol. The second-order valence-corrected chi connectivity index (χ2v) is 4.50. The number of nitrogens with one attached hydrogen (secondary N) is 1. The second kappa shape index (κ2) is 5.69. The van der Waals surface area contributed by atoms with E-state index in [4.69, 9.17) is 4.74 Å². The van der Waals surface area contributed by atoms with Gasteiger partial charge in [-0.05, 0) is 12.1 Å². The van der Waals surface area contributed by atoms with Crippen molar-refractivity contribution in [2.24, 2.45) is 0 Å². The van der Waals surface area contributed by atoms with Crippen LogP contribution in [0, 0.1) is 0 Å². The molecule has 96 valence electrons. The fraction of sp³-hybridized carbons (Fsp3) is 0.357. The number of hydrogen-bond donors (Lipinski definition) is 1. The van der Waals surface area contributed by atoms with Crippen molar-refractivity contribution in [1.29, 1.82) is 0 Å². The van der Waals surface area contributed by atoms with Crippen molar-refractivity contribution < 1.29 is 4.74 Å². The van der Waals surface area contributed by atoms with Crippen molar-refractivity contribution in [3.8, 4) is 11.4 Å². The quantitative estimate of drug-likeness (QED) is 0.879. The van der Waals surface area contributed by atoms with Crippen LogP contribution < -0.4 is 10.1 Å². The van der Waals surface area contributed by atoms with Gasteiger partial charge in [0.05, 0.1) is 13.3 Å². The fourth-order valence-corrected chi connectivity index (χ4v) is 1.72. The number of rotatable bonds is 5. The number of nitrogens with zero attached hydrogens (tertiary/aromatic N) is 2. The molecule has 0 spiro atoms. The molecule has 0 aliphatic heterocycles. The summed E-state index contributed by atoms with van der Waals surface area (Å²) in [5, 5.41) is 7.74. The van der Waals surface area contributed by atoms with E-state index in [1.54, 1.807) is 7.11 Å². The summed E-state index contributed by atoms with van der Waals surface area (Å²) >= 11 is 0. The van der Waals surface area contributed by atoms with E-state index in [1.807, 2.05) is 41.3 Å². The Bertz CT molecular complexity index is 505. The van der Waals surface area contributed by atoms with Crippen LogP contribution >= 0.6 is 0 Å². The first kappa shape index (κ1) is 12.6. The van der Waals surface area contributed by atoms with Crippen molar-refractivity contribution in [2.45, 2.75) is 26.4 Å². The summed E-state index contributed by atoms with van der Waals surface area (Å²) < 4.78 is 7.17. The highest BCUT2D eigenvalue weighted by atomic mass is 16.5. The molecule has 18 heavy (non-hydrogen) atoms. The average Bonchev–Trinajstić information content (AvgIpc) is 2.85. The molecule has 0 atom stereocenters. The van der Waals surface area contributed by atoms with E-state index in [0.717, 1.165) is 23.5 Å². The maximum Gasteiger partial charge on any atom is 0.144 e. The highest BCUT2D eigenvalue weighted by Crippen LogP contribution is 2.21. The number of para-hydroxylation sites is 2. The number of hydrogen-bond acceptors (Lipinski definition) is 3. The van der Waals surface area contributed by atoms with Gasteiger partial charge in [0, 0.05) is 24.3 Å². The van der Waals surface area contributed by atoms with E-state index in [2.05, 4.69) is 24.3 Å². The van der Waals surface area contributed by atoms with Crippen LogP contribution in [-0.2, 0) is 6.54 Å². The topological polar surface area (TPSA) is 39.1 Å². The van der Waals surface area contributed by atoms with Gasteiger partial charge in [-0.1, -0.05) is 26.0 Å². The molecule has 2 aromatic rings. The van der Waals surface area contributed by atoms with Gasteiger partial charge in [0.25, 0.3) is 0 Å². The highest BCUT2D eigenvalue weighted by Gasteiger charge is 2.06. The standard InChI is InChI=1S/C14H19N3O/c1-11(2)15-8-12-9-16-17(10-12)13-6-4-5-7-14(13)18-3/h4-7,9-11,15H,8H2,1-3H3. The molecule has 0 saturated heterocycles. The van der Waals surface area contributed by atoms with Gasteiger partial charge in [-0.3, -0.25) is 0 Å². The first-order valence-electron chi connectivity index (χ1n) is 6.11. The lowest BCUT2D eigenvalue weighted by Gasteiger charge is -2.07. The van der Waals surface area contributed by atoms with Gasteiger partial charge in [-0.25, -0.2) is 4.68 Å². The van der Waals surface area contributed by atoms with Crippen molar-refractivity contribution in [2.75, 3.05) is 7.11 Å². The number of methoxy groups -OCH3 is 1. The molecule has 4 heteroatoms. The lowest BCUT2D eigenvalue weighted by Crippen LogP contribution is -2.21. The lowest BCUT2D eigenvalue weighted by atomic mass is 10.3. The third-order valence-electron chi connectivity index (χ3n) is 2.68. The molecule has 1 aromatic carbocycles. The zero-order valence-corrected chi connectivity index (χ0v) is 11.1. The van der Waals surface area contributed by atoms with Crippen molar-refractivity contribution >= 4 is 0 Å². The van der Waals surface area contributed by atoms with E-state index in [9.17, 15) is 0 Å². The Balaban J connectivity index is 2.18. The normalized spacial score (nSPS) is 10.9. The Morgan fingerprint density at radius 1 is 1.33 bits per heavy atom. The lowest BCUT2D eigenvalue weighted by molar-refractivity contribution is 0.411. The molecule has 0 aliphatic rings. The van der Waals surface area contributed by atoms with Crippen LogP contribution in [0.25, 0.3) is 5.69 Å². The molecule has 1 heterocycles. The SMILES string of the molecule is COc1ccccc1-n1cc(CNC(C)C)cn1. The second-order valence-electron chi connectivity index (χ2n) is 4.50. The van der Waals surface area contributed by atoms with Crippen LogP contribution in [0.2, 0.25) is 0 Å². The first-order valence-corrected chi connectivity index (χ1v) is 6.11. The molecule has 0 radical (unpaired) electrons. The minimum absolute atomic E-state index is 0.472. The minimum Gasteiger partial charge on any atom is -0.494 e. The van der Waals surface area contributed by atoms with Crippen LogP contribution in [0.4, 0.5) is 0 Å². The van der Waals surface area contributed by atoms with Crippen molar-refractivity contribution in [3.05, 3.63) is 42.2 Å². The third kappa shape index (κ3) is 2.90. The van der Waals surface area contributed by atoms with Gasteiger partial charge in [0.2, 0.25) is 0 Å². The van der Waals surface area contributed by atoms with Crippen molar-refractivity contribution in [3.63, 3.8) is 0 Å². The van der Waals surface area contributed by atoms with E-state index in [-0.39, 0.29) is 0 Å². The van der Waals surface area contributed by atoms with Crippen LogP contribution in [0.3, 0.4) is 0 Å². The fourth-order valence-electron chi connectivity index (χ4n) is 1.72. The summed E-state index contributed by atoms with van der Waals surface area (Å²) in [4.78, 5) is 0. The van der Waals surface area contributed by atoms with Gasteiger partial charge in [-0.15, -0.1) is 0 Å². The number of aromatic nitrogens is 2. The molecule has 1 N–H and O–H groups in total. The van der Waals surface area contributed by atoms with Crippen LogP contribution in [-0.4, -0.2) is 22.9 Å². The summed E-state index contributed by atoms with van der Waals surface area (Å²) in [6.07, 6.45) is 3.90.